The van der Waals surface area contributed by atoms with Crippen LogP contribution in [0, 0.1) is 5.92 Å². The molecule has 1 aromatic heterocycles. The number of halogens is 4. The molecular weight excluding hydrogens is 367 g/mol. The zero-order chi connectivity index (χ0) is 18.9. The van der Waals surface area contributed by atoms with Crippen LogP contribution in [0.5, 0.6) is 0 Å². The molecule has 0 spiro atoms. The first kappa shape index (κ1) is 19.2. The molecule has 0 unspecified atom stereocenters. The highest BCUT2D eigenvalue weighted by molar-refractivity contribution is 6.30. The van der Waals surface area contributed by atoms with Crippen molar-refractivity contribution >= 4 is 11.6 Å². The second-order valence-corrected chi connectivity index (χ2v) is 7.33. The smallest absolute Gasteiger partial charge is 0.387 e. The molecule has 1 aliphatic heterocycles. The molecular formula is C18H21ClF3N3O. The molecule has 0 aliphatic carbocycles. The van der Waals surface area contributed by atoms with Gasteiger partial charge in [-0.3, -0.25) is 0 Å². The lowest BCUT2D eigenvalue weighted by Crippen LogP contribution is -2.33. The first-order valence-corrected chi connectivity index (χ1v) is 8.85. The quantitative estimate of drug-likeness (QED) is 0.848. The van der Waals surface area contributed by atoms with Crippen LogP contribution in [0.15, 0.2) is 30.5 Å². The fourth-order valence-electron chi connectivity index (χ4n) is 3.43. The fraction of sp³-hybridized carbons (Fsp3) is 0.500. The summed E-state index contributed by atoms with van der Waals surface area (Å²) in [5.74, 6) is 0.713. The number of imidazole rings is 1. The van der Waals surface area contributed by atoms with E-state index in [0.29, 0.717) is 36.9 Å². The summed E-state index contributed by atoms with van der Waals surface area (Å²) in [6.45, 7) is 1.63. The summed E-state index contributed by atoms with van der Waals surface area (Å²) in [4.78, 5) is 5.71. The van der Waals surface area contributed by atoms with Gasteiger partial charge in [0.1, 0.15) is 5.82 Å². The summed E-state index contributed by atoms with van der Waals surface area (Å²) < 4.78 is 40.0. The SMILES string of the molecule is CN(C[C@@H]1CCc2nc(C(F)(F)F)cn2C1)C[C@@H](O)c1cccc(Cl)c1. The van der Waals surface area contributed by atoms with E-state index in [1.165, 1.54) is 0 Å². The van der Waals surface area contributed by atoms with Gasteiger partial charge in [0.05, 0.1) is 6.10 Å². The van der Waals surface area contributed by atoms with Crippen LogP contribution in [-0.2, 0) is 19.1 Å². The van der Waals surface area contributed by atoms with Gasteiger partial charge in [-0.1, -0.05) is 23.7 Å². The molecule has 1 aromatic carbocycles. The Bertz CT molecular complexity index is 762. The number of fused-ring (bicyclic) bond motifs is 1. The molecule has 1 N–H and O–H groups in total. The lowest BCUT2D eigenvalue weighted by molar-refractivity contribution is -0.141. The van der Waals surface area contributed by atoms with E-state index in [1.54, 1.807) is 22.8 Å². The van der Waals surface area contributed by atoms with Crippen molar-refractivity contribution in [3.63, 3.8) is 0 Å². The van der Waals surface area contributed by atoms with E-state index in [-0.39, 0.29) is 5.92 Å². The second-order valence-electron chi connectivity index (χ2n) is 6.89. The Labute approximate surface area is 155 Å². The van der Waals surface area contributed by atoms with Crippen LogP contribution >= 0.6 is 11.6 Å². The molecule has 3 rings (SSSR count). The molecule has 0 radical (unpaired) electrons. The zero-order valence-corrected chi connectivity index (χ0v) is 15.1. The van der Waals surface area contributed by atoms with E-state index in [2.05, 4.69) is 4.98 Å². The van der Waals surface area contributed by atoms with E-state index < -0.39 is 18.0 Å². The van der Waals surface area contributed by atoms with Gasteiger partial charge in [0.2, 0.25) is 0 Å². The van der Waals surface area contributed by atoms with Gasteiger partial charge >= 0.3 is 6.18 Å². The fourth-order valence-corrected chi connectivity index (χ4v) is 3.63. The molecule has 0 amide bonds. The van der Waals surface area contributed by atoms with E-state index in [4.69, 9.17) is 11.6 Å². The van der Waals surface area contributed by atoms with Crippen LogP contribution < -0.4 is 0 Å². The molecule has 4 nitrogen and oxygen atoms in total. The highest BCUT2D eigenvalue weighted by Crippen LogP contribution is 2.31. The Morgan fingerprint density at radius 2 is 2.19 bits per heavy atom. The van der Waals surface area contributed by atoms with Crippen molar-refractivity contribution in [2.24, 2.45) is 5.92 Å². The lowest BCUT2D eigenvalue weighted by Gasteiger charge is -2.29. The van der Waals surface area contributed by atoms with Crippen molar-refractivity contribution in [1.29, 1.82) is 0 Å². The summed E-state index contributed by atoms with van der Waals surface area (Å²) in [5, 5.41) is 10.9. The monoisotopic (exact) mass is 387 g/mol. The number of hydrogen-bond acceptors (Lipinski definition) is 3. The Morgan fingerprint density at radius 1 is 1.42 bits per heavy atom. The van der Waals surface area contributed by atoms with Gasteiger partial charge in [0.15, 0.2) is 5.69 Å². The van der Waals surface area contributed by atoms with Crippen LogP contribution in [0.1, 0.15) is 29.6 Å². The van der Waals surface area contributed by atoms with Crippen LogP contribution in [0.2, 0.25) is 5.02 Å². The van der Waals surface area contributed by atoms with Crippen LogP contribution in [0.3, 0.4) is 0 Å². The number of likely N-dealkylation sites (N-methyl/N-ethyl adjacent to an activating group) is 1. The van der Waals surface area contributed by atoms with Crippen molar-refractivity contribution in [1.82, 2.24) is 14.5 Å². The molecule has 0 bridgehead atoms. The second kappa shape index (κ2) is 7.58. The summed E-state index contributed by atoms with van der Waals surface area (Å²) in [7, 11) is 1.90. The Hall–Kier alpha value is -1.57. The average Bonchev–Trinajstić information content (AvgIpc) is 2.98. The Morgan fingerprint density at radius 3 is 2.88 bits per heavy atom. The summed E-state index contributed by atoms with van der Waals surface area (Å²) >= 11 is 5.95. The topological polar surface area (TPSA) is 41.3 Å². The summed E-state index contributed by atoms with van der Waals surface area (Å²) in [6, 6.07) is 7.10. The number of aliphatic hydroxyl groups excluding tert-OH is 1. The number of benzene rings is 1. The number of alkyl halides is 3. The van der Waals surface area contributed by atoms with Gasteiger partial charge in [-0.2, -0.15) is 13.2 Å². The number of rotatable bonds is 5. The molecule has 2 atom stereocenters. The minimum absolute atomic E-state index is 0.217. The van der Waals surface area contributed by atoms with Gasteiger partial charge in [0.25, 0.3) is 0 Å². The number of aliphatic hydroxyl groups is 1. The first-order valence-electron chi connectivity index (χ1n) is 8.47. The molecule has 142 valence electrons. The molecule has 2 heterocycles. The Balaban J connectivity index is 1.57. The third-order valence-electron chi connectivity index (χ3n) is 4.67. The van der Waals surface area contributed by atoms with Crippen molar-refractivity contribution < 1.29 is 18.3 Å². The highest BCUT2D eigenvalue weighted by Gasteiger charge is 2.35. The largest absolute Gasteiger partial charge is 0.434 e. The minimum atomic E-state index is -4.41. The van der Waals surface area contributed by atoms with Gasteiger partial charge < -0.3 is 14.6 Å². The third-order valence-corrected chi connectivity index (χ3v) is 4.90. The van der Waals surface area contributed by atoms with E-state index in [0.717, 1.165) is 18.2 Å². The standard InChI is InChI=1S/C18H21ClF3N3O/c1-24(10-15(26)13-3-2-4-14(19)7-13)8-12-5-6-17-23-16(18(20,21)22)11-25(17)9-12/h2-4,7,11-12,15,26H,5-6,8-10H2,1H3/t12-,15+/m0/s1. The van der Waals surface area contributed by atoms with E-state index in [9.17, 15) is 18.3 Å². The molecule has 8 heteroatoms. The number of nitrogens with zero attached hydrogens (tertiary/aromatic N) is 3. The van der Waals surface area contributed by atoms with Crippen molar-refractivity contribution in [3.8, 4) is 0 Å². The van der Waals surface area contributed by atoms with Crippen molar-refractivity contribution in [2.45, 2.75) is 31.7 Å². The molecule has 0 fully saturated rings. The van der Waals surface area contributed by atoms with Crippen LogP contribution in [0.4, 0.5) is 13.2 Å². The van der Waals surface area contributed by atoms with Crippen molar-refractivity contribution in [3.05, 3.63) is 52.6 Å². The van der Waals surface area contributed by atoms with E-state index in [1.807, 2.05) is 18.0 Å². The predicted molar refractivity (Wildman–Crippen MR) is 92.9 cm³/mol. The molecule has 1 aliphatic rings. The molecule has 0 saturated heterocycles. The van der Waals surface area contributed by atoms with Gasteiger partial charge in [-0.25, -0.2) is 4.98 Å². The molecule has 26 heavy (non-hydrogen) atoms. The Kier molecular flexibility index (Phi) is 5.60. The normalized spacial score (nSPS) is 18.8. The zero-order valence-electron chi connectivity index (χ0n) is 14.4. The van der Waals surface area contributed by atoms with Gasteiger partial charge in [0, 0.05) is 37.3 Å². The van der Waals surface area contributed by atoms with Gasteiger partial charge in [-0.05, 0) is 37.1 Å². The summed E-state index contributed by atoms with van der Waals surface area (Å²) in [5.41, 5.74) is -0.0717. The third kappa shape index (κ3) is 4.58. The lowest BCUT2D eigenvalue weighted by atomic mass is 9.98. The maximum absolute atomic E-state index is 12.8. The molecule has 0 saturated carbocycles. The summed E-state index contributed by atoms with van der Waals surface area (Å²) in [6.07, 6.45) is -2.65. The number of aryl methyl sites for hydroxylation is 1. The van der Waals surface area contributed by atoms with Crippen LogP contribution in [-0.4, -0.2) is 39.7 Å². The highest BCUT2D eigenvalue weighted by atomic mass is 35.5. The maximum Gasteiger partial charge on any atom is 0.434 e. The van der Waals surface area contributed by atoms with Crippen molar-refractivity contribution in [2.75, 3.05) is 20.1 Å². The number of aromatic nitrogens is 2. The molecule has 2 aromatic rings. The first-order chi connectivity index (χ1) is 12.2. The van der Waals surface area contributed by atoms with E-state index >= 15 is 0 Å². The number of hydrogen-bond donors (Lipinski definition) is 1. The van der Waals surface area contributed by atoms with Gasteiger partial charge in [-0.15, -0.1) is 0 Å². The maximum atomic E-state index is 12.8. The average molecular weight is 388 g/mol. The van der Waals surface area contributed by atoms with Crippen LogP contribution in [0.25, 0.3) is 0 Å². The minimum Gasteiger partial charge on any atom is -0.387 e. The predicted octanol–water partition coefficient (Wildman–Crippen LogP) is 3.78.